The highest BCUT2D eigenvalue weighted by Crippen LogP contribution is 2.61. The summed E-state index contributed by atoms with van der Waals surface area (Å²) in [5.74, 6) is 2.29. The predicted molar refractivity (Wildman–Crippen MR) is 233 cm³/mol. The highest BCUT2D eigenvalue weighted by Gasteiger charge is 2.68. The van der Waals surface area contributed by atoms with Crippen molar-refractivity contribution in [1.82, 2.24) is 9.88 Å². The fraction of sp³-hybridized carbons (Fsp3) is 0.404. The van der Waals surface area contributed by atoms with Gasteiger partial charge in [0.05, 0.1) is 19.8 Å². The number of amides is 1. The zero-order valence-corrected chi connectivity index (χ0v) is 36.0. The first-order valence-electron chi connectivity index (χ1n) is 19.9. The summed E-state index contributed by atoms with van der Waals surface area (Å²) in [5.41, 5.74) is 0.865. The van der Waals surface area contributed by atoms with Crippen molar-refractivity contribution in [3.05, 3.63) is 115 Å². The summed E-state index contributed by atoms with van der Waals surface area (Å²) in [5, 5.41) is 8.02. The summed E-state index contributed by atoms with van der Waals surface area (Å²) in [4.78, 5) is 23.2. The molecule has 2 bridgehead atoms. The summed E-state index contributed by atoms with van der Waals surface area (Å²) >= 11 is 0. The van der Waals surface area contributed by atoms with Gasteiger partial charge in [0.15, 0.2) is 0 Å². The van der Waals surface area contributed by atoms with Crippen LogP contribution in [0.5, 0.6) is 11.5 Å². The third-order valence-electron chi connectivity index (χ3n) is 11.8. The molecule has 0 unspecified atom stereocenters. The van der Waals surface area contributed by atoms with E-state index in [0.717, 1.165) is 52.2 Å². The number of hydrogen-bond donors (Lipinski definition) is 1. The first-order chi connectivity index (χ1) is 27.1. The highest BCUT2D eigenvalue weighted by molar-refractivity contribution is 6.99. The average Bonchev–Trinajstić information content (AvgIpc) is 3.67. The molecule has 1 amide bonds. The zero-order chi connectivity index (χ0) is 40.6. The molecule has 0 spiro atoms. The topological polar surface area (TPSA) is 85.4 Å². The lowest BCUT2D eigenvalue weighted by molar-refractivity contribution is -0.00134. The molecule has 0 atom stereocenters. The minimum atomic E-state index is -2.78. The van der Waals surface area contributed by atoms with Crippen molar-refractivity contribution in [2.45, 2.75) is 77.1 Å². The van der Waals surface area contributed by atoms with Crippen molar-refractivity contribution in [2.75, 3.05) is 51.2 Å². The van der Waals surface area contributed by atoms with Crippen LogP contribution >= 0.6 is 0 Å². The van der Waals surface area contributed by atoms with E-state index in [4.69, 9.17) is 23.6 Å². The average molecular weight is 787 g/mol. The van der Waals surface area contributed by atoms with Crippen LogP contribution in [0.1, 0.15) is 59.9 Å². The molecule has 9 nitrogen and oxygen atoms in total. The molecule has 2 saturated heterocycles. The number of rotatable bonds is 13. The molecule has 1 aromatic heterocycles. The number of ether oxygens (including phenoxy) is 3. The number of carbonyl (C=O) groups is 1. The molecule has 3 fully saturated rings. The fourth-order valence-electron chi connectivity index (χ4n) is 9.46. The molecule has 3 aliphatic rings. The molecule has 3 heterocycles. The summed E-state index contributed by atoms with van der Waals surface area (Å²) in [6.45, 7) is 15.1. The molecule has 0 radical (unpaired) electrons. The number of nitrogens with zero attached hydrogens (tertiary/aromatic N) is 3. The Kier molecular flexibility index (Phi) is 10.8. The standard InChI is InChI=1S/C47H58N4O5Si/c1-44(2,3)56-43(52)51-31-46(33-55-57(45(4,5)6,36-17-12-10-13-18-36)37-19-14-11-15-20-37)29-47(51,30-46)32-50(7)40-22-16-21-39-38(40)25-26-48-42(39)49-28-34-23-24-35(53-8)27-41(34)54-9/h10-27H,28-33H2,1-9H3,(H,48,49). The number of aromatic nitrogens is 1. The van der Waals surface area contributed by atoms with E-state index >= 15 is 0 Å². The molecular formula is C47H58N4O5Si. The molecule has 10 heteroatoms. The zero-order valence-electron chi connectivity index (χ0n) is 35.0. The lowest BCUT2D eigenvalue weighted by Crippen LogP contribution is -2.68. The number of benzene rings is 4. The van der Waals surface area contributed by atoms with E-state index in [1.807, 2.05) is 50.1 Å². The number of pyridine rings is 1. The van der Waals surface area contributed by atoms with Gasteiger partial charge in [0, 0.05) is 73.0 Å². The summed E-state index contributed by atoms with van der Waals surface area (Å²) in [7, 11) is 2.66. The third kappa shape index (κ3) is 7.69. The number of likely N-dealkylation sites (N-methyl/N-ethyl adjacent to an activating group) is 1. The number of carbonyl (C=O) groups excluding carboxylic acids is 1. The van der Waals surface area contributed by atoms with Gasteiger partial charge in [-0.05, 0) is 73.3 Å². The van der Waals surface area contributed by atoms with Crippen molar-refractivity contribution >= 4 is 47.1 Å². The third-order valence-corrected chi connectivity index (χ3v) is 16.7. The first kappa shape index (κ1) is 40.1. The molecule has 4 aromatic carbocycles. The van der Waals surface area contributed by atoms with Gasteiger partial charge >= 0.3 is 6.09 Å². The monoisotopic (exact) mass is 786 g/mol. The SMILES string of the molecule is COc1ccc(CNc2nccc3c(N(C)CC45CC(CO[Si](c6ccccc6)(c6ccccc6)C(C)(C)C)(CN4C(=O)OC(C)(C)C)C5)cccc23)c(OC)c1. The Morgan fingerprint density at radius 2 is 1.51 bits per heavy atom. The van der Waals surface area contributed by atoms with E-state index in [1.54, 1.807) is 14.2 Å². The Morgan fingerprint density at radius 1 is 0.842 bits per heavy atom. The van der Waals surface area contributed by atoms with Crippen LogP contribution in [0.2, 0.25) is 5.04 Å². The Hall–Kier alpha value is -5.06. The highest BCUT2D eigenvalue weighted by atomic mass is 28.4. The van der Waals surface area contributed by atoms with Gasteiger partial charge in [0.1, 0.15) is 22.9 Å². The Bertz CT molecular complexity index is 2160. The Labute approximate surface area is 339 Å². The van der Waals surface area contributed by atoms with Crippen molar-refractivity contribution in [2.24, 2.45) is 5.41 Å². The largest absolute Gasteiger partial charge is 0.497 e. The molecule has 1 saturated carbocycles. The maximum atomic E-state index is 14.1. The lowest BCUT2D eigenvalue weighted by Gasteiger charge is -2.51. The van der Waals surface area contributed by atoms with Crippen LogP contribution in [-0.2, 0) is 15.7 Å². The van der Waals surface area contributed by atoms with Crippen LogP contribution in [0, 0.1) is 5.41 Å². The van der Waals surface area contributed by atoms with Crippen LogP contribution in [0.4, 0.5) is 16.3 Å². The van der Waals surface area contributed by atoms with Crippen molar-refractivity contribution in [3.63, 3.8) is 0 Å². The first-order valence-corrected chi connectivity index (χ1v) is 21.8. The van der Waals surface area contributed by atoms with Gasteiger partial charge in [-0.1, -0.05) is 93.6 Å². The van der Waals surface area contributed by atoms with Crippen molar-refractivity contribution in [1.29, 1.82) is 0 Å². The van der Waals surface area contributed by atoms with Crippen LogP contribution < -0.4 is 30.1 Å². The van der Waals surface area contributed by atoms with Gasteiger partial charge in [-0.25, -0.2) is 9.78 Å². The minimum Gasteiger partial charge on any atom is -0.497 e. The van der Waals surface area contributed by atoms with E-state index in [9.17, 15) is 4.79 Å². The molecule has 5 aromatic rings. The van der Waals surface area contributed by atoms with E-state index in [1.165, 1.54) is 10.4 Å². The second-order valence-electron chi connectivity index (χ2n) is 18.0. The van der Waals surface area contributed by atoms with E-state index < -0.39 is 19.5 Å². The van der Waals surface area contributed by atoms with E-state index in [2.05, 4.69) is 123 Å². The summed E-state index contributed by atoms with van der Waals surface area (Å²) in [6.07, 6.45) is 3.27. The van der Waals surface area contributed by atoms with Gasteiger partial charge < -0.3 is 33.8 Å². The number of methoxy groups -OCH3 is 2. The summed E-state index contributed by atoms with van der Waals surface area (Å²) < 4.78 is 24.7. The van der Waals surface area contributed by atoms with Gasteiger partial charge in [0.2, 0.25) is 0 Å². The number of nitrogens with one attached hydrogen (secondary N) is 1. The number of anilines is 2. The minimum absolute atomic E-state index is 0.144. The van der Waals surface area contributed by atoms with Crippen LogP contribution in [0.25, 0.3) is 10.8 Å². The predicted octanol–water partition coefficient (Wildman–Crippen LogP) is 8.65. The Balaban J connectivity index is 1.17. The van der Waals surface area contributed by atoms with Crippen LogP contribution in [0.3, 0.4) is 0 Å². The molecule has 57 heavy (non-hydrogen) atoms. The van der Waals surface area contributed by atoms with Crippen molar-refractivity contribution in [3.8, 4) is 11.5 Å². The van der Waals surface area contributed by atoms with Gasteiger partial charge in [-0.15, -0.1) is 0 Å². The second-order valence-corrected chi connectivity index (χ2v) is 22.3. The maximum absolute atomic E-state index is 14.1. The molecule has 1 N–H and O–H groups in total. The summed E-state index contributed by atoms with van der Waals surface area (Å²) in [6, 6.07) is 35.8. The van der Waals surface area contributed by atoms with Gasteiger partial charge in [-0.2, -0.15) is 0 Å². The van der Waals surface area contributed by atoms with Gasteiger partial charge in [0.25, 0.3) is 8.32 Å². The fourth-order valence-corrected chi connectivity index (χ4v) is 14.1. The molecule has 300 valence electrons. The molecule has 8 rings (SSSR count). The number of fused-ring (bicyclic) bond motifs is 2. The molecule has 2 aliphatic heterocycles. The smallest absolute Gasteiger partial charge is 0.410 e. The quantitative estimate of drug-likeness (QED) is 0.119. The van der Waals surface area contributed by atoms with E-state index in [-0.39, 0.29) is 16.5 Å². The maximum Gasteiger partial charge on any atom is 0.410 e. The van der Waals surface area contributed by atoms with Crippen LogP contribution in [0.15, 0.2) is 109 Å². The number of hydrogen-bond acceptors (Lipinski definition) is 8. The molecule has 1 aliphatic carbocycles. The lowest BCUT2D eigenvalue weighted by atomic mass is 9.62. The van der Waals surface area contributed by atoms with Gasteiger partial charge in [-0.3, -0.25) is 0 Å². The van der Waals surface area contributed by atoms with Crippen LogP contribution in [-0.4, -0.2) is 76.4 Å². The second kappa shape index (κ2) is 15.4. The Morgan fingerprint density at radius 3 is 2.11 bits per heavy atom. The molecular weight excluding hydrogens is 729 g/mol. The normalized spacial score (nSPS) is 19.2. The van der Waals surface area contributed by atoms with Crippen molar-refractivity contribution < 1.29 is 23.4 Å². The van der Waals surface area contributed by atoms with E-state index in [0.29, 0.717) is 26.2 Å².